The third-order valence-electron chi connectivity index (χ3n) is 2.36. The van der Waals surface area contributed by atoms with Crippen molar-refractivity contribution in [1.29, 1.82) is 0 Å². The number of anilines is 1. The van der Waals surface area contributed by atoms with Crippen molar-refractivity contribution in [1.82, 2.24) is 4.72 Å². The molecule has 0 bridgehead atoms. The highest BCUT2D eigenvalue weighted by Gasteiger charge is 2.20. The summed E-state index contributed by atoms with van der Waals surface area (Å²) in [6.07, 6.45) is 0. The number of primary amides is 1. The maximum Gasteiger partial charge on any atom is 0.248 e. The summed E-state index contributed by atoms with van der Waals surface area (Å²) in [5.41, 5.74) is 10.8. The largest absolute Gasteiger partial charge is 0.398 e. The van der Waals surface area contributed by atoms with Gasteiger partial charge < -0.3 is 16.2 Å². The van der Waals surface area contributed by atoms with E-state index in [9.17, 15) is 13.2 Å². The number of methoxy groups -OCH3 is 1. The smallest absolute Gasteiger partial charge is 0.248 e. The number of nitrogens with two attached hydrogens (primary N) is 2. The van der Waals surface area contributed by atoms with Crippen LogP contribution < -0.4 is 16.2 Å². The standard InChI is InChI=1S/C11H17N3O4S/c1-7(6-18-2)14-19(16,17)10-4-3-8(11(13)15)5-9(10)12/h3-5,7,14H,6,12H2,1-2H3,(H2,13,15). The van der Waals surface area contributed by atoms with E-state index in [0.29, 0.717) is 0 Å². The van der Waals surface area contributed by atoms with Gasteiger partial charge in [-0.1, -0.05) is 0 Å². The second-order valence-electron chi connectivity index (χ2n) is 4.09. The second-order valence-corrected chi connectivity index (χ2v) is 5.78. The van der Waals surface area contributed by atoms with Crippen molar-refractivity contribution in [2.45, 2.75) is 17.9 Å². The maximum absolute atomic E-state index is 12.1. The van der Waals surface area contributed by atoms with Gasteiger partial charge in [0.2, 0.25) is 15.9 Å². The topological polar surface area (TPSA) is 125 Å². The molecular formula is C11H17N3O4S. The molecule has 0 saturated heterocycles. The van der Waals surface area contributed by atoms with Crippen LogP contribution in [0.1, 0.15) is 17.3 Å². The average molecular weight is 287 g/mol. The van der Waals surface area contributed by atoms with E-state index in [1.54, 1.807) is 6.92 Å². The van der Waals surface area contributed by atoms with Gasteiger partial charge in [-0.2, -0.15) is 0 Å². The maximum atomic E-state index is 12.1. The number of ether oxygens (including phenoxy) is 1. The Balaban J connectivity index is 3.05. The van der Waals surface area contributed by atoms with Crippen molar-refractivity contribution in [3.63, 3.8) is 0 Å². The van der Waals surface area contributed by atoms with Gasteiger partial charge in [0.15, 0.2) is 0 Å². The Labute approximate surface area is 112 Å². The molecule has 0 radical (unpaired) electrons. The predicted molar refractivity (Wildman–Crippen MR) is 71.0 cm³/mol. The number of carbonyl (C=O) groups excluding carboxylic acids is 1. The molecule has 0 aliphatic heterocycles. The monoisotopic (exact) mass is 287 g/mol. The number of sulfonamides is 1. The quantitative estimate of drug-likeness (QED) is 0.618. The van der Waals surface area contributed by atoms with Crippen LogP contribution in [0.2, 0.25) is 0 Å². The Morgan fingerprint density at radius 1 is 1.47 bits per heavy atom. The van der Waals surface area contributed by atoms with E-state index < -0.39 is 22.0 Å². The molecule has 1 atom stereocenters. The van der Waals surface area contributed by atoms with Gasteiger partial charge in [0, 0.05) is 18.7 Å². The fraction of sp³-hybridized carbons (Fsp3) is 0.364. The van der Waals surface area contributed by atoms with Crippen LogP contribution in [0.25, 0.3) is 0 Å². The highest BCUT2D eigenvalue weighted by molar-refractivity contribution is 7.89. The van der Waals surface area contributed by atoms with Crippen LogP contribution in [0.5, 0.6) is 0 Å². The summed E-state index contributed by atoms with van der Waals surface area (Å²) < 4.78 is 31.4. The van der Waals surface area contributed by atoms with Crippen molar-refractivity contribution in [2.24, 2.45) is 5.73 Å². The molecule has 0 fully saturated rings. The molecule has 5 N–H and O–H groups in total. The highest BCUT2D eigenvalue weighted by Crippen LogP contribution is 2.19. The fourth-order valence-electron chi connectivity index (χ4n) is 1.56. The van der Waals surface area contributed by atoms with Crippen molar-refractivity contribution in [3.8, 4) is 0 Å². The minimum absolute atomic E-state index is 0.0339. The van der Waals surface area contributed by atoms with E-state index in [0.717, 1.165) is 0 Å². The second kappa shape index (κ2) is 6.00. The first-order chi connectivity index (χ1) is 8.77. The molecule has 0 aliphatic rings. The minimum atomic E-state index is -3.76. The summed E-state index contributed by atoms with van der Waals surface area (Å²) in [5.74, 6) is -0.670. The van der Waals surface area contributed by atoms with Gasteiger partial charge in [-0.15, -0.1) is 0 Å². The number of hydrogen-bond donors (Lipinski definition) is 3. The molecule has 0 spiro atoms. The Kier molecular flexibility index (Phi) is 4.87. The molecule has 106 valence electrons. The van der Waals surface area contributed by atoms with Gasteiger partial charge in [0.05, 0.1) is 12.3 Å². The van der Waals surface area contributed by atoms with Gasteiger partial charge in [-0.05, 0) is 25.1 Å². The molecule has 1 amide bonds. The lowest BCUT2D eigenvalue weighted by atomic mass is 10.2. The zero-order valence-electron chi connectivity index (χ0n) is 10.7. The van der Waals surface area contributed by atoms with Crippen molar-refractivity contribution in [3.05, 3.63) is 23.8 Å². The van der Waals surface area contributed by atoms with Crippen LogP contribution in [-0.2, 0) is 14.8 Å². The molecule has 1 unspecified atom stereocenters. The van der Waals surface area contributed by atoms with Gasteiger partial charge >= 0.3 is 0 Å². The molecule has 1 rings (SSSR count). The van der Waals surface area contributed by atoms with Crippen LogP contribution in [0, 0.1) is 0 Å². The van der Waals surface area contributed by atoms with Crippen LogP contribution >= 0.6 is 0 Å². The van der Waals surface area contributed by atoms with E-state index >= 15 is 0 Å². The summed E-state index contributed by atoms with van der Waals surface area (Å²) in [7, 11) is -2.29. The predicted octanol–water partition coefficient (Wildman–Crippen LogP) is -0.319. The van der Waals surface area contributed by atoms with E-state index in [1.807, 2.05) is 0 Å². The Morgan fingerprint density at radius 3 is 2.58 bits per heavy atom. The first kappa shape index (κ1) is 15.4. The van der Waals surface area contributed by atoms with Gasteiger partial charge in [0.1, 0.15) is 4.90 Å². The lowest BCUT2D eigenvalue weighted by Crippen LogP contribution is -2.36. The first-order valence-corrected chi connectivity index (χ1v) is 6.97. The normalized spacial score (nSPS) is 13.2. The molecule has 19 heavy (non-hydrogen) atoms. The SMILES string of the molecule is COCC(C)NS(=O)(=O)c1ccc(C(N)=O)cc1N. The molecule has 0 heterocycles. The summed E-state index contributed by atoms with van der Waals surface area (Å²) in [6.45, 7) is 1.90. The molecule has 8 heteroatoms. The zero-order valence-corrected chi connectivity index (χ0v) is 11.5. The van der Waals surface area contributed by atoms with E-state index in [-0.39, 0.29) is 22.8 Å². The Hall–Kier alpha value is -1.64. The average Bonchev–Trinajstić information content (AvgIpc) is 2.27. The van der Waals surface area contributed by atoms with Crippen molar-refractivity contribution >= 4 is 21.6 Å². The van der Waals surface area contributed by atoms with E-state index in [4.69, 9.17) is 16.2 Å². The van der Waals surface area contributed by atoms with Crippen LogP contribution in [0.4, 0.5) is 5.69 Å². The summed E-state index contributed by atoms with van der Waals surface area (Å²) in [6, 6.07) is 3.40. The Bertz CT molecular complexity index is 571. The molecule has 0 aromatic heterocycles. The van der Waals surface area contributed by atoms with E-state index in [2.05, 4.69) is 4.72 Å². The fourth-order valence-corrected chi connectivity index (χ4v) is 2.90. The third-order valence-corrected chi connectivity index (χ3v) is 4.02. The van der Waals surface area contributed by atoms with Gasteiger partial charge in [-0.25, -0.2) is 13.1 Å². The van der Waals surface area contributed by atoms with Crippen LogP contribution in [-0.4, -0.2) is 34.1 Å². The summed E-state index contributed by atoms with van der Waals surface area (Å²) in [4.78, 5) is 10.9. The van der Waals surface area contributed by atoms with Crippen molar-refractivity contribution in [2.75, 3.05) is 19.5 Å². The first-order valence-electron chi connectivity index (χ1n) is 5.48. The Morgan fingerprint density at radius 2 is 2.11 bits per heavy atom. The molecule has 1 aromatic rings. The molecule has 0 saturated carbocycles. The number of rotatable bonds is 6. The lowest BCUT2D eigenvalue weighted by molar-refractivity contribution is 0.1000. The molecule has 0 aliphatic carbocycles. The van der Waals surface area contributed by atoms with Gasteiger partial charge in [0.25, 0.3) is 0 Å². The number of benzene rings is 1. The minimum Gasteiger partial charge on any atom is -0.398 e. The summed E-state index contributed by atoms with van der Waals surface area (Å²) in [5, 5.41) is 0. The molecular weight excluding hydrogens is 270 g/mol. The number of carbonyl (C=O) groups is 1. The number of hydrogen-bond acceptors (Lipinski definition) is 5. The van der Waals surface area contributed by atoms with Crippen molar-refractivity contribution < 1.29 is 17.9 Å². The third kappa shape index (κ3) is 3.91. The highest BCUT2D eigenvalue weighted by atomic mass is 32.2. The number of nitrogens with one attached hydrogen (secondary N) is 1. The molecule has 7 nitrogen and oxygen atoms in total. The van der Waals surface area contributed by atoms with E-state index in [1.165, 1.54) is 25.3 Å². The zero-order chi connectivity index (χ0) is 14.6. The van der Waals surface area contributed by atoms with Crippen LogP contribution in [0.3, 0.4) is 0 Å². The number of nitrogen functional groups attached to an aromatic ring is 1. The molecule has 1 aromatic carbocycles. The van der Waals surface area contributed by atoms with Crippen LogP contribution in [0.15, 0.2) is 23.1 Å². The summed E-state index contributed by atoms with van der Waals surface area (Å²) >= 11 is 0. The lowest BCUT2D eigenvalue weighted by Gasteiger charge is -2.14. The number of amides is 1. The van der Waals surface area contributed by atoms with Gasteiger partial charge in [-0.3, -0.25) is 4.79 Å².